The van der Waals surface area contributed by atoms with E-state index >= 15 is 4.39 Å². The minimum Gasteiger partial charge on any atom is -0.481 e. The summed E-state index contributed by atoms with van der Waals surface area (Å²) in [6.07, 6.45) is -0.469. The van der Waals surface area contributed by atoms with Crippen molar-refractivity contribution in [2.24, 2.45) is 34.0 Å². The van der Waals surface area contributed by atoms with Crippen molar-refractivity contribution in [1.29, 1.82) is 0 Å². The molecule has 0 aromatic heterocycles. The van der Waals surface area contributed by atoms with Gasteiger partial charge in [-0.1, -0.05) is 31.5 Å². The van der Waals surface area contributed by atoms with Gasteiger partial charge in [-0.2, -0.15) is 0 Å². The summed E-state index contributed by atoms with van der Waals surface area (Å²) in [5.74, 6) is -5.37. The number of rotatable bonds is 6. The van der Waals surface area contributed by atoms with Crippen LogP contribution in [-0.2, 0) is 19.2 Å². The number of hydrogen-bond acceptors (Lipinski definition) is 6. The number of aliphatic hydroxyl groups excluding tert-OH is 1. The summed E-state index contributed by atoms with van der Waals surface area (Å²) in [6, 6.07) is 0. The lowest BCUT2D eigenvalue weighted by molar-refractivity contribution is -0.203. The van der Waals surface area contributed by atoms with Crippen molar-refractivity contribution >= 4 is 35.1 Å². The second-order valence-electron chi connectivity index (χ2n) is 11.6. The van der Waals surface area contributed by atoms with Crippen molar-refractivity contribution in [1.82, 2.24) is 0 Å². The van der Waals surface area contributed by atoms with Crippen LogP contribution in [0.3, 0.4) is 0 Å². The number of hydrogen-bond donors (Lipinski definition) is 4. The number of aliphatic carboxylic acids is 2. The molecule has 0 radical (unpaired) electrons. The van der Waals surface area contributed by atoms with Crippen LogP contribution in [0.4, 0.5) is 4.39 Å². The number of carbonyl (C=O) groups is 4. The normalized spacial score (nSPS) is 42.1. The van der Waals surface area contributed by atoms with Crippen molar-refractivity contribution in [3.8, 4) is 0 Å². The van der Waals surface area contributed by atoms with Crippen LogP contribution in [0.25, 0.3) is 0 Å². The smallest absolute Gasteiger partial charge is 0.336 e. The Balaban J connectivity index is 1.82. The molecule has 8 nitrogen and oxygen atoms in total. The topological polar surface area (TPSA) is 149 Å². The molecule has 36 heavy (non-hydrogen) atoms. The molecule has 0 amide bonds. The van der Waals surface area contributed by atoms with Gasteiger partial charge in [0, 0.05) is 5.41 Å². The third kappa shape index (κ3) is 3.38. The van der Waals surface area contributed by atoms with Gasteiger partial charge in [-0.25, -0.2) is 9.18 Å². The lowest BCUT2D eigenvalue weighted by Crippen LogP contribution is -2.66. The molecule has 10 heteroatoms. The molecule has 0 aromatic rings. The number of carboxylic acid groups (broad SMARTS) is 2. The summed E-state index contributed by atoms with van der Waals surface area (Å²) in [7, 11) is 0. The van der Waals surface area contributed by atoms with Crippen LogP contribution in [-0.4, -0.2) is 61.8 Å². The van der Waals surface area contributed by atoms with Gasteiger partial charge < -0.3 is 20.4 Å². The fourth-order valence-electron chi connectivity index (χ4n) is 8.47. The van der Waals surface area contributed by atoms with Crippen molar-refractivity contribution < 1.29 is 44.0 Å². The third-order valence-electron chi connectivity index (χ3n) is 10.1. The summed E-state index contributed by atoms with van der Waals surface area (Å²) in [6.45, 7) is 4.58. The second-order valence-corrected chi connectivity index (χ2v) is 12.0. The Bertz CT molecular complexity index is 1100. The molecule has 9 atom stereocenters. The maximum Gasteiger partial charge on any atom is 0.336 e. The summed E-state index contributed by atoms with van der Waals surface area (Å²) >= 11 is 6.18. The molecule has 198 valence electrons. The van der Waals surface area contributed by atoms with E-state index in [2.05, 4.69) is 0 Å². The van der Waals surface area contributed by atoms with Crippen LogP contribution < -0.4 is 0 Å². The molecule has 2 unspecified atom stereocenters. The highest BCUT2D eigenvalue weighted by Gasteiger charge is 2.74. The number of allylic oxidation sites excluding steroid dienone is 4. The molecule has 3 saturated carbocycles. The Labute approximate surface area is 213 Å². The highest BCUT2D eigenvalue weighted by molar-refractivity contribution is 6.44. The van der Waals surface area contributed by atoms with Crippen molar-refractivity contribution in [3.63, 3.8) is 0 Å². The zero-order valence-corrected chi connectivity index (χ0v) is 21.2. The van der Waals surface area contributed by atoms with Gasteiger partial charge in [0.15, 0.2) is 17.2 Å². The number of ketones is 2. The van der Waals surface area contributed by atoms with E-state index in [4.69, 9.17) is 16.7 Å². The van der Waals surface area contributed by atoms with Crippen molar-refractivity contribution in [2.75, 3.05) is 0 Å². The number of halogens is 2. The van der Waals surface area contributed by atoms with Gasteiger partial charge in [0.05, 0.1) is 16.9 Å². The summed E-state index contributed by atoms with van der Waals surface area (Å²) < 4.78 is 15.6. The maximum absolute atomic E-state index is 15.6. The molecule has 4 aliphatic rings. The van der Waals surface area contributed by atoms with Crippen molar-refractivity contribution in [3.05, 3.63) is 22.8 Å². The first-order valence-electron chi connectivity index (χ1n) is 12.2. The van der Waals surface area contributed by atoms with E-state index in [-0.39, 0.29) is 42.0 Å². The highest BCUT2D eigenvalue weighted by Crippen LogP contribution is 2.72. The quantitative estimate of drug-likeness (QED) is 0.412. The molecular formula is C26H32ClFO8. The monoisotopic (exact) mass is 526 g/mol. The van der Waals surface area contributed by atoms with E-state index in [0.717, 1.165) is 6.92 Å². The fourth-order valence-corrected chi connectivity index (χ4v) is 8.75. The van der Waals surface area contributed by atoms with Crippen LogP contribution >= 0.6 is 11.6 Å². The van der Waals surface area contributed by atoms with E-state index in [1.165, 1.54) is 6.08 Å². The predicted octanol–water partition coefficient (Wildman–Crippen LogP) is 3.04. The fraction of sp³-hybridized carbons (Fsp3) is 0.692. The summed E-state index contributed by atoms with van der Waals surface area (Å²) in [5, 5.41) is 41.0. The molecule has 4 aliphatic carbocycles. The SMILES string of the molecule is CC(O)(C(=O)O)[C@]1(C(=O)C(O)CC(=O)O)CC[C@H]2[C@@H]3C[C@@H](F)C4=CC(=O)C(Cl)=C[C@]4(C)[C@@H]3CC[C@@]21C. The maximum atomic E-state index is 15.6. The zero-order chi connectivity index (χ0) is 27.0. The Hall–Kier alpha value is -2.10. The minimum absolute atomic E-state index is 0.0176. The van der Waals surface area contributed by atoms with E-state index in [9.17, 15) is 34.5 Å². The van der Waals surface area contributed by atoms with Gasteiger partial charge in [0.25, 0.3) is 0 Å². The molecule has 0 spiro atoms. The summed E-state index contributed by atoms with van der Waals surface area (Å²) in [5.41, 5.74) is -6.19. The molecule has 0 heterocycles. The molecule has 0 aliphatic heterocycles. The number of aliphatic hydroxyl groups is 2. The predicted molar refractivity (Wildman–Crippen MR) is 126 cm³/mol. The van der Waals surface area contributed by atoms with E-state index in [1.807, 2.05) is 6.92 Å². The van der Waals surface area contributed by atoms with E-state index in [0.29, 0.717) is 18.4 Å². The Morgan fingerprint density at radius 2 is 1.81 bits per heavy atom. The number of Topliss-reactive ketones (excluding diaryl/α,β-unsaturated/α-hetero) is 1. The average Bonchev–Trinajstić information content (AvgIpc) is 3.09. The van der Waals surface area contributed by atoms with Gasteiger partial charge in [0.1, 0.15) is 12.3 Å². The molecule has 0 aromatic carbocycles. The molecule has 0 saturated heterocycles. The largest absolute Gasteiger partial charge is 0.481 e. The van der Waals surface area contributed by atoms with Gasteiger partial charge in [-0.05, 0) is 73.8 Å². The standard InChI is InChI=1S/C26H32ClFO8/c1-23-11-16(27)18(29)9-15(23)17(28)8-12-13(23)4-6-24(2)14(12)5-7-26(24,25(3,36)22(34)35)21(33)19(30)10-20(31)32/h9,11-14,17,19,30,36H,4-8,10H2,1-3H3,(H,31,32)(H,34,35)/t12-,13-,14+,17-,19?,23-,24+,25?,26+/m1/s1. The zero-order valence-electron chi connectivity index (χ0n) is 20.5. The Morgan fingerprint density at radius 3 is 2.39 bits per heavy atom. The van der Waals surface area contributed by atoms with Gasteiger partial charge >= 0.3 is 11.9 Å². The van der Waals surface area contributed by atoms with E-state index < -0.39 is 64.0 Å². The van der Waals surface area contributed by atoms with Gasteiger partial charge in [0.2, 0.25) is 0 Å². The van der Waals surface area contributed by atoms with Crippen LogP contribution in [0.2, 0.25) is 0 Å². The van der Waals surface area contributed by atoms with Crippen molar-refractivity contribution in [2.45, 2.75) is 77.2 Å². The molecule has 3 fully saturated rings. The van der Waals surface area contributed by atoms with Crippen LogP contribution in [0.5, 0.6) is 0 Å². The first-order valence-corrected chi connectivity index (χ1v) is 12.6. The van der Waals surface area contributed by atoms with Gasteiger partial charge in [-0.3, -0.25) is 14.4 Å². The lowest BCUT2D eigenvalue weighted by Gasteiger charge is -2.60. The molecule has 4 rings (SSSR count). The second kappa shape index (κ2) is 8.46. The minimum atomic E-state index is -2.60. The third-order valence-corrected chi connectivity index (χ3v) is 10.4. The number of alkyl halides is 1. The number of carbonyl (C=O) groups excluding carboxylic acids is 2. The number of fused-ring (bicyclic) bond motifs is 5. The highest BCUT2D eigenvalue weighted by atomic mass is 35.5. The van der Waals surface area contributed by atoms with Crippen LogP contribution in [0.1, 0.15) is 59.3 Å². The lowest BCUT2D eigenvalue weighted by atomic mass is 9.43. The number of carboxylic acids is 2. The van der Waals surface area contributed by atoms with Gasteiger partial charge in [-0.15, -0.1) is 0 Å². The molecule has 0 bridgehead atoms. The summed E-state index contributed by atoms with van der Waals surface area (Å²) in [4.78, 5) is 49.4. The van der Waals surface area contributed by atoms with Crippen LogP contribution in [0.15, 0.2) is 22.8 Å². The molecular weight excluding hydrogens is 495 g/mol. The Kier molecular flexibility index (Phi) is 6.33. The van der Waals surface area contributed by atoms with Crippen LogP contribution in [0, 0.1) is 34.0 Å². The average molecular weight is 527 g/mol. The first kappa shape index (κ1) is 26.9. The Morgan fingerprint density at radius 1 is 1.19 bits per heavy atom. The molecule has 4 N–H and O–H groups in total. The van der Waals surface area contributed by atoms with E-state index in [1.54, 1.807) is 13.0 Å². The first-order chi connectivity index (χ1) is 16.5.